The van der Waals surface area contributed by atoms with E-state index in [9.17, 15) is 0 Å². The molecular formula is C16H29IN4O2. The maximum absolute atomic E-state index is 5.95. The number of nitrogens with two attached hydrogens (primary N) is 1. The molecule has 7 heteroatoms. The Hall–Kier alpha value is -1.22. The molecule has 0 bridgehead atoms. The van der Waals surface area contributed by atoms with Crippen molar-refractivity contribution in [2.24, 2.45) is 10.7 Å². The quantitative estimate of drug-likeness (QED) is 0.354. The lowest BCUT2D eigenvalue weighted by atomic mass is 10.2. The minimum absolute atomic E-state index is 0. The van der Waals surface area contributed by atoms with Crippen molar-refractivity contribution in [2.45, 2.75) is 20.8 Å². The highest BCUT2D eigenvalue weighted by atomic mass is 127. The van der Waals surface area contributed by atoms with E-state index in [1.807, 2.05) is 32.0 Å². The Balaban J connectivity index is 0.00000484. The van der Waals surface area contributed by atoms with Gasteiger partial charge in [0.2, 0.25) is 0 Å². The van der Waals surface area contributed by atoms with Gasteiger partial charge in [0.15, 0.2) is 5.96 Å². The number of halogens is 1. The van der Waals surface area contributed by atoms with Crippen LogP contribution in [0.15, 0.2) is 23.2 Å². The van der Waals surface area contributed by atoms with Gasteiger partial charge in [-0.25, -0.2) is 0 Å². The molecule has 0 radical (unpaired) electrons. The first kappa shape index (κ1) is 21.8. The zero-order valence-corrected chi connectivity index (χ0v) is 16.8. The minimum Gasteiger partial charge on any atom is -0.494 e. The number of aliphatic imine (C=N–C) groups is 1. The number of hydrogen-bond acceptors (Lipinski definition) is 4. The molecule has 1 aromatic rings. The Morgan fingerprint density at radius 1 is 1.22 bits per heavy atom. The van der Waals surface area contributed by atoms with Crippen LogP contribution in [0, 0.1) is 0 Å². The van der Waals surface area contributed by atoms with E-state index in [1.54, 1.807) is 0 Å². The second kappa shape index (κ2) is 12.2. The zero-order valence-electron chi connectivity index (χ0n) is 14.5. The molecule has 0 aliphatic rings. The summed E-state index contributed by atoms with van der Waals surface area (Å²) in [6.45, 7) is 9.71. The number of guanidine groups is 1. The fraction of sp³-hybridized carbons (Fsp3) is 0.562. The molecule has 0 atom stereocenters. The fourth-order valence-corrected chi connectivity index (χ4v) is 1.82. The van der Waals surface area contributed by atoms with Gasteiger partial charge in [-0.3, -0.25) is 4.99 Å². The Kier molecular flexibility index (Phi) is 11.6. The lowest BCUT2D eigenvalue weighted by Crippen LogP contribution is -2.26. The maximum Gasteiger partial charge on any atom is 0.193 e. The monoisotopic (exact) mass is 436 g/mol. The summed E-state index contributed by atoms with van der Waals surface area (Å²) in [6.07, 6.45) is 0. The van der Waals surface area contributed by atoms with Crippen LogP contribution in [-0.2, 0) is 0 Å². The Labute approximate surface area is 156 Å². The first-order valence-electron chi connectivity index (χ1n) is 7.75. The van der Waals surface area contributed by atoms with Crippen molar-refractivity contribution in [1.82, 2.24) is 4.90 Å². The zero-order chi connectivity index (χ0) is 16.4. The van der Waals surface area contributed by atoms with Crippen LogP contribution >= 0.6 is 24.0 Å². The summed E-state index contributed by atoms with van der Waals surface area (Å²) in [7, 11) is 2.05. The summed E-state index contributed by atoms with van der Waals surface area (Å²) in [5, 5.41) is 3.09. The van der Waals surface area contributed by atoms with E-state index in [0.717, 1.165) is 30.3 Å². The van der Waals surface area contributed by atoms with Gasteiger partial charge in [0.05, 0.1) is 25.4 Å². The van der Waals surface area contributed by atoms with E-state index in [0.29, 0.717) is 25.7 Å². The molecular weight excluding hydrogens is 407 g/mol. The number of likely N-dealkylation sites (N-methyl/N-ethyl adjacent to an activating group) is 1. The number of ether oxygens (including phenoxy) is 2. The third-order valence-electron chi connectivity index (χ3n) is 3.13. The summed E-state index contributed by atoms with van der Waals surface area (Å²) in [4.78, 5) is 6.51. The number of rotatable bonds is 9. The molecule has 0 heterocycles. The molecule has 0 saturated carbocycles. The maximum atomic E-state index is 5.95. The van der Waals surface area contributed by atoms with Gasteiger partial charge < -0.3 is 25.4 Å². The molecule has 0 saturated heterocycles. The molecule has 132 valence electrons. The fourth-order valence-electron chi connectivity index (χ4n) is 1.82. The van der Waals surface area contributed by atoms with E-state index in [4.69, 9.17) is 15.2 Å². The van der Waals surface area contributed by atoms with E-state index in [-0.39, 0.29) is 24.0 Å². The highest BCUT2D eigenvalue weighted by Crippen LogP contribution is 2.29. The predicted octanol–water partition coefficient (Wildman–Crippen LogP) is 2.78. The molecule has 0 aliphatic carbocycles. The number of benzene rings is 1. The minimum atomic E-state index is 0. The highest BCUT2D eigenvalue weighted by molar-refractivity contribution is 14.0. The Morgan fingerprint density at radius 3 is 2.52 bits per heavy atom. The smallest absolute Gasteiger partial charge is 0.193 e. The van der Waals surface area contributed by atoms with Crippen LogP contribution in [-0.4, -0.2) is 50.8 Å². The molecule has 0 amide bonds. The second-order valence-corrected chi connectivity index (χ2v) is 4.81. The van der Waals surface area contributed by atoms with Crippen molar-refractivity contribution in [3.8, 4) is 11.5 Å². The van der Waals surface area contributed by atoms with Crippen LogP contribution < -0.4 is 20.5 Å². The summed E-state index contributed by atoms with van der Waals surface area (Å²) >= 11 is 0. The SMILES string of the molecule is CCOc1ccc(OCC)c(NC(N)=NCCN(C)CC)c1.I. The molecule has 23 heavy (non-hydrogen) atoms. The summed E-state index contributed by atoms with van der Waals surface area (Å²) in [5.41, 5.74) is 6.71. The van der Waals surface area contributed by atoms with Crippen molar-refractivity contribution < 1.29 is 9.47 Å². The molecule has 1 aromatic carbocycles. The van der Waals surface area contributed by atoms with Gasteiger partial charge in [-0.2, -0.15) is 0 Å². The van der Waals surface area contributed by atoms with Crippen LogP contribution in [0.25, 0.3) is 0 Å². The van der Waals surface area contributed by atoms with E-state index < -0.39 is 0 Å². The van der Waals surface area contributed by atoms with Crippen molar-refractivity contribution in [2.75, 3.05) is 45.2 Å². The average Bonchev–Trinajstić information content (AvgIpc) is 2.50. The van der Waals surface area contributed by atoms with Gasteiger partial charge >= 0.3 is 0 Å². The molecule has 1 rings (SSSR count). The van der Waals surface area contributed by atoms with Crippen molar-refractivity contribution in [1.29, 1.82) is 0 Å². The third-order valence-corrected chi connectivity index (χ3v) is 3.13. The molecule has 6 nitrogen and oxygen atoms in total. The predicted molar refractivity (Wildman–Crippen MR) is 107 cm³/mol. The molecule has 3 N–H and O–H groups in total. The third kappa shape index (κ3) is 8.26. The van der Waals surface area contributed by atoms with Crippen molar-refractivity contribution in [3.63, 3.8) is 0 Å². The molecule has 0 aliphatic heterocycles. The van der Waals surface area contributed by atoms with E-state index in [2.05, 4.69) is 29.2 Å². The van der Waals surface area contributed by atoms with E-state index in [1.165, 1.54) is 0 Å². The van der Waals surface area contributed by atoms with Crippen LogP contribution in [0.2, 0.25) is 0 Å². The largest absolute Gasteiger partial charge is 0.494 e. The first-order chi connectivity index (χ1) is 10.6. The number of hydrogen-bond donors (Lipinski definition) is 2. The molecule has 0 unspecified atom stereocenters. The summed E-state index contributed by atoms with van der Waals surface area (Å²) in [5.74, 6) is 1.88. The van der Waals surface area contributed by atoms with Crippen LogP contribution in [0.5, 0.6) is 11.5 Å². The molecule has 0 spiro atoms. The second-order valence-electron chi connectivity index (χ2n) is 4.81. The van der Waals surface area contributed by atoms with Crippen LogP contribution in [0.3, 0.4) is 0 Å². The molecule has 0 fully saturated rings. The highest BCUT2D eigenvalue weighted by Gasteiger charge is 2.07. The normalized spacial score (nSPS) is 11.1. The van der Waals surface area contributed by atoms with Gasteiger partial charge in [0.25, 0.3) is 0 Å². The summed E-state index contributed by atoms with van der Waals surface area (Å²) in [6, 6.07) is 5.62. The van der Waals surface area contributed by atoms with Crippen molar-refractivity contribution >= 4 is 35.6 Å². The van der Waals surface area contributed by atoms with Crippen molar-refractivity contribution in [3.05, 3.63) is 18.2 Å². The Bertz CT molecular complexity index is 483. The first-order valence-corrected chi connectivity index (χ1v) is 7.75. The lowest BCUT2D eigenvalue weighted by Gasteiger charge is -2.14. The van der Waals surface area contributed by atoms with Crippen LogP contribution in [0.4, 0.5) is 5.69 Å². The number of anilines is 1. The molecule has 0 aromatic heterocycles. The Morgan fingerprint density at radius 2 is 1.91 bits per heavy atom. The average molecular weight is 436 g/mol. The lowest BCUT2D eigenvalue weighted by molar-refractivity contribution is 0.332. The van der Waals surface area contributed by atoms with Gasteiger partial charge in [-0.15, -0.1) is 24.0 Å². The van der Waals surface area contributed by atoms with E-state index >= 15 is 0 Å². The van der Waals surface area contributed by atoms with Gasteiger partial charge in [0.1, 0.15) is 11.5 Å². The van der Waals surface area contributed by atoms with Gasteiger partial charge in [-0.05, 0) is 39.6 Å². The number of nitrogens with one attached hydrogen (secondary N) is 1. The topological polar surface area (TPSA) is 72.1 Å². The van der Waals surface area contributed by atoms with Gasteiger partial charge in [-0.1, -0.05) is 6.92 Å². The standard InChI is InChI=1S/C16H28N4O2.HI/c1-5-20(4)11-10-18-16(17)19-14-12-13(21-6-2)8-9-15(14)22-7-3;/h8-9,12H,5-7,10-11H2,1-4H3,(H3,17,18,19);1H. The van der Waals surface area contributed by atoms with Crippen LogP contribution in [0.1, 0.15) is 20.8 Å². The van der Waals surface area contributed by atoms with Gasteiger partial charge in [0, 0.05) is 12.6 Å². The number of nitrogens with zero attached hydrogens (tertiary/aromatic N) is 2. The summed E-state index contributed by atoms with van der Waals surface area (Å²) < 4.78 is 11.1.